The van der Waals surface area contributed by atoms with E-state index in [1.165, 1.54) is 20.1 Å². The molecular weight excluding hydrogens is 951 g/mol. The Labute approximate surface area is 439 Å². The summed E-state index contributed by atoms with van der Waals surface area (Å²) >= 11 is 0. The lowest BCUT2D eigenvalue weighted by Gasteiger charge is -2.64. The molecule has 3 aliphatic heterocycles. The molecule has 0 unspecified atom stereocenters. The highest BCUT2D eigenvalue weighted by Gasteiger charge is 2.67. The number of aromatic hydroxyl groups is 1. The van der Waals surface area contributed by atoms with Crippen molar-refractivity contribution in [3.63, 3.8) is 0 Å². The van der Waals surface area contributed by atoms with Crippen LogP contribution in [0, 0.1) is 53.3 Å². The van der Waals surface area contributed by atoms with Gasteiger partial charge in [0.25, 0.3) is 0 Å². The van der Waals surface area contributed by atoms with Crippen LogP contribution >= 0.6 is 0 Å². The number of carbonyl (C=O) groups is 3. The molecule has 0 saturated heterocycles. The van der Waals surface area contributed by atoms with Crippen molar-refractivity contribution in [3.05, 3.63) is 123 Å². The zero-order valence-corrected chi connectivity index (χ0v) is 43.0. The predicted molar refractivity (Wildman–Crippen MR) is 279 cm³/mol. The summed E-state index contributed by atoms with van der Waals surface area (Å²) in [4.78, 5) is 44.2. The third kappa shape index (κ3) is 9.69. The van der Waals surface area contributed by atoms with Gasteiger partial charge in [-0.1, -0.05) is 85.7 Å². The summed E-state index contributed by atoms with van der Waals surface area (Å²) in [5.74, 6) is 2.24. The maximum absolute atomic E-state index is 15.8. The molecule has 3 heterocycles. The third-order valence-corrected chi connectivity index (χ3v) is 18.5. The van der Waals surface area contributed by atoms with Crippen molar-refractivity contribution >= 4 is 23.4 Å². The molecule has 7 N–H and O–H groups in total. The summed E-state index contributed by atoms with van der Waals surface area (Å²) in [6.07, 6.45) is 12.9. The van der Waals surface area contributed by atoms with Gasteiger partial charge in [-0.25, -0.2) is 4.79 Å². The first-order valence-electron chi connectivity index (χ1n) is 27.4. The lowest BCUT2D eigenvalue weighted by Crippen LogP contribution is -2.70. The maximum atomic E-state index is 15.8. The number of nitrogens with one attached hydrogen (secondary N) is 1. The fourth-order valence-corrected chi connectivity index (χ4v) is 14.9. The predicted octanol–water partition coefficient (Wildman–Crippen LogP) is 7.18. The van der Waals surface area contributed by atoms with Crippen molar-refractivity contribution in [2.75, 3.05) is 25.6 Å². The second-order valence-corrected chi connectivity index (χ2v) is 23.3. The van der Waals surface area contributed by atoms with Crippen LogP contribution in [0.3, 0.4) is 0 Å². The zero-order valence-electron chi connectivity index (χ0n) is 43.0. The largest absolute Gasteiger partial charge is 0.507 e. The molecule has 8 aliphatic rings. The van der Waals surface area contributed by atoms with Gasteiger partial charge < -0.3 is 50.2 Å². The number of phenolic OH excluding ortho intramolecular Hbond substituents is 1. The van der Waals surface area contributed by atoms with E-state index in [2.05, 4.69) is 41.5 Å². The first-order chi connectivity index (χ1) is 36.1. The van der Waals surface area contributed by atoms with Crippen molar-refractivity contribution < 1.29 is 59.2 Å². The number of allylic oxidation sites excluding steroid dienone is 4. The average molecular weight is 1020 g/mol. The van der Waals surface area contributed by atoms with Crippen LogP contribution in [0.15, 0.2) is 84.5 Å². The number of anilines is 1. The third-order valence-electron chi connectivity index (χ3n) is 18.5. The van der Waals surface area contributed by atoms with Gasteiger partial charge in [-0.05, 0) is 133 Å². The fourth-order valence-electron chi connectivity index (χ4n) is 14.9. The summed E-state index contributed by atoms with van der Waals surface area (Å²) in [7, 11) is 1.43. The quantitative estimate of drug-likeness (QED) is 0.0491. The van der Waals surface area contributed by atoms with Crippen LogP contribution in [0.25, 0.3) is 0 Å². The number of ketones is 1. The Morgan fingerprint density at radius 3 is 2.48 bits per heavy atom. The van der Waals surface area contributed by atoms with Gasteiger partial charge in [0, 0.05) is 73.1 Å². The second-order valence-electron chi connectivity index (χ2n) is 23.3. The smallest absolute Gasteiger partial charge is 0.334 e. The normalized spacial score (nSPS) is 34.0. The van der Waals surface area contributed by atoms with Gasteiger partial charge >= 0.3 is 11.9 Å². The van der Waals surface area contributed by atoms with E-state index in [-0.39, 0.29) is 104 Å². The molecule has 3 fully saturated rings. The van der Waals surface area contributed by atoms with Crippen molar-refractivity contribution in [3.8, 4) is 23.3 Å². The van der Waals surface area contributed by atoms with Crippen molar-refractivity contribution in [2.45, 2.75) is 144 Å². The molecule has 11 rings (SSSR count). The van der Waals surface area contributed by atoms with E-state index in [1.807, 2.05) is 36.4 Å². The van der Waals surface area contributed by atoms with Crippen molar-refractivity contribution in [2.24, 2.45) is 41.4 Å². The standard InChI is InChI=1S/C62H71NO12/c1-61(71,52(67)32-73-2)33-63-44-21-36(31-64)20-41(25-44)38-15-16-39-30-54(68)75-59-48(39)27-42(58(69)55(59)37-11-4-3-5-12-37)29-53-62(72)50-14-7-6-13-46(50)47-18-17-40-28-51(66)49(56(47)57(40)62)23-35-10-8-9-34(19-35)22-45(65)26-43(24-38)60(70)74-53/h6,8-10,13,17-21,25-27,37-40,45-47,49-50,52-53,56-57,63-65,67,69,71-72H,3-5,7,11-12,14,22-24,28-33H2,1-2H3/b43-26-/t38-,39-,40+,45+,46+,47+,49-,50+,52+,53-,56-,57+,61+,62-/m1/s1. The molecule has 0 spiro atoms. The Bertz CT molecular complexity index is 2880. The van der Waals surface area contributed by atoms with Crippen LogP contribution in [0.4, 0.5) is 5.69 Å². The van der Waals surface area contributed by atoms with Gasteiger partial charge in [0.2, 0.25) is 0 Å². The molecule has 0 aromatic heterocycles. The Kier molecular flexibility index (Phi) is 14.2. The molecule has 0 amide bonds. The van der Waals surface area contributed by atoms with Crippen LogP contribution in [0.5, 0.6) is 11.5 Å². The van der Waals surface area contributed by atoms with Gasteiger partial charge in [-0.15, -0.1) is 0 Å². The molecule has 14 atom stereocenters. The van der Waals surface area contributed by atoms with E-state index in [4.69, 9.17) is 14.2 Å². The summed E-state index contributed by atoms with van der Waals surface area (Å²) in [5.41, 5.74) is 1.73. The minimum atomic E-state index is -1.71. The van der Waals surface area contributed by atoms with Crippen molar-refractivity contribution in [1.29, 1.82) is 0 Å². The number of esters is 2. The SMILES string of the molecule is COC[C@H](O)[C@@](C)(O)CNc1cc(CO)cc([C@@H]2C#C[C@@H]3CC(=O)Oc4c3cc(c(O)c4C3CCCCC3)C[C@H]3OC(=O)/C(=C\[C@@H](O)Cc4cccc(c4)C[C@@H]4C(=O)C[C@@H]5C=C[C@H]6[C@@H]7C=CCC[C@@H]7[C@]3(O)[C@@H]5[C@H]64)C2)c1. The molecular formula is C62H71NO12. The van der Waals surface area contributed by atoms with Crippen LogP contribution in [0.2, 0.25) is 0 Å². The number of rotatable bonds is 9. The van der Waals surface area contributed by atoms with Gasteiger partial charge in [-0.3, -0.25) is 9.59 Å². The molecule has 3 aromatic rings. The monoisotopic (exact) mass is 1020 g/mol. The summed E-state index contributed by atoms with van der Waals surface area (Å²) in [5, 5.41) is 75.3. The molecule has 13 nitrogen and oxygen atoms in total. The van der Waals surface area contributed by atoms with E-state index in [1.54, 1.807) is 12.1 Å². The van der Waals surface area contributed by atoms with Crippen LogP contribution in [-0.4, -0.2) is 98.1 Å². The number of aliphatic hydroxyl groups excluding tert-OH is 3. The number of methoxy groups -OCH3 is 1. The first-order valence-corrected chi connectivity index (χ1v) is 27.4. The van der Waals surface area contributed by atoms with Gasteiger partial charge in [0.05, 0.1) is 31.7 Å². The molecule has 3 aromatic carbocycles. The molecule has 75 heavy (non-hydrogen) atoms. The van der Waals surface area contributed by atoms with Gasteiger partial charge in [0.15, 0.2) is 0 Å². The van der Waals surface area contributed by atoms with E-state index in [0.29, 0.717) is 58.5 Å². The number of hydrogen-bond donors (Lipinski definition) is 7. The highest BCUT2D eigenvalue weighted by molar-refractivity contribution is 5.89. The van der Waals surface area contributed by atoms with Crippen LogP contribution in [0.1, 0.15) is 128 Å². The Morgan fingerprint density at radius 1 is 0.907 bits per heavy atom. The summed E-state index contributed by atoms with van der Waals surface area (Å²) in [6.45, 7) is 0.926. The maximum Gasteiger partial charge on any atom is 0.334 e. The molecule has 396 valence electrons. The van der Waals surface area contributed by atoms with E-state index in [9.17, 15) is 40.2 Å². The molecule has 5 aliphatic carbocycles. The number of carbonyl (C=O) groups excluding carboxylic acids is 3. The summed E-state index contributed by atoms with van der Waals surface area (Å²) in [6, 6.07) is 15.1. The zero-order chi connectivity index (χ0) is 52.3. The lowest BCUT2D eigenvalue weighted by atomic mass is 9.42. The minimum Gasteiger partial charge on any atom is -0.507 e. The first kappa shape index (κ1) is 51.5. The van der Waals surface area contributed by atoms with E-state index < -0.39 is 65.1 Å². The Morgan fingerprint density at radius 2 is 1.69 bits per heavy atom. The number of Topliss-reactive ketones (excluding diaryl/α,β-unsaturated/α-hetero) is 1. The number of aliphatic hydroxyl groups is 5. The Hall–Kier alpha value is -5.59. The van der Waals surface area contributed by atoms with E-state index in [0.717, 1.165) is 43.2 Å². The lowest BCUT2D eigenvalue weighted by molar-refractivity contribution is -0.239. The molecule has 12 bridgehead atoms. The number of fused-ring (bicyclic) bond motifs is 10. The summed E-state index contributed by atoms with van der Waals surface area (Å²) < 4.78 is 18.3. The molecule has 0 radical (unpaired) electrons. The van der Waals surface area contributed by atoms with Crippen LogP contribution in [-0.2, 0) is 49.7 Å². The average Bonchev–Trinajstić information content (AvgIpc) is 3.42. The fraction of sp³-hybridized carbons (Fsp3) is 0.532. The van der Waals surface area contributed by atoms with Gasteiger partial charge in [-0.2, -0.15) is 0 Å². The van der Waals surface area contributed by atoms with Gasteiger partial charge in [0.1, 0.15) is 40.7 Å². The number of phenols is 1. The van der Waals surface area contributed by atoms with Crippen LogP contribution < -0.4 is 10.1 Å². The Balaban J connectivity index is 1.13. The molecule has 3 saturated carbocycles. The number of hydrogen-bond acceptors (Lipinski definition) is 13. The molecule has 13 heteroatoms. The second kappa shape index (κ2) is 20.7. The topological polar surface area (TPSA) is 212 Å². The highest BCUT2D eigenvalue weighted by Crippen LogP contribution is 2.64. The number of ether oxygens (including phenoxy) is 3. The van der Waals surface area contributed by atoms with E-state index >= 15 is 4.79 Å². The highest BCUT2D eigenvalue weighted by atomic mass is 16.6. The number of benzene rings is 3. The minimum absolute atomic E-state index is 0.0454. The van der Waals surface area contributed by atoms with Crippen molar-refractivity contribution in [1.82, 2.24) is 0 Å².